The number of piperidine rings is 1. The summed E-state index contributed by atoms with van der Waals surface area (Å²) in [4.78, 5) is 29.6. The van der Waals surface area contributed by atoms with Crippen LogP contribution in [0.2, 0.25) is 0 Å². The van der Waals surface area contributed by atoms with E-state index in [0.29, 0.717) is 11.3 Å². The molecular formula is C31H36N2O4. The molecule has 3 aromatic rings. The van der Waals surface area contributed by atoms with Crippen molar-refractivity contribution in [1.82, 2.24) is 9.80 Å². The van der Waals surface area contributed by atoms with Gasteiger partial charge in [0.05, 0.1) is 5.60 Å². The third-order valence-electron chi connectivity index (χ3n) is 8.69. The van der Waals surface area contributed by atoms with Crippen molar-refractivity contribution in [1.29, 1.82) is 0 Å². The van der Waals surface area contributed by atoms with Crippen LogP contribution in [0.5, 0.6) is 5.75 Å². The summed E-state index contributed by atoms with van der Waals surface area (Å²) in [5.41, 5.74) is 1.11. The SMILES string of the molecule is CO[C@]12CC[C@@H](N(C)C(=O)c3ccc4ccccc4c3)C[C@]1(c1cccc(OC(C)=O)c1)CCN(C)C2. The molecule has 0 N–H and O–H groups in total. The summed E-state index contributed by atoms with van der Waals surface area (Å²) in [6.07, 6.45) is 3.39. The number of esters is 1. The van der Waals surface area contributed by atoms with E-state index in [9.17, 15) is 9.59 Å². The van der Waals surface area contributed by atoms with Gasteiger partial charge in [-0.1, -0.05) is 42.5 Å². The number of benzene rings is 3. The van der Waals surface area contributed by atoms with Gasteiger partial charge in [0.2, 0.25) is 0 Å². The lowest BCUT2D eigenvalue weighted by atomic mass is 9.55. The van der Waals surface area contributed by atoms with E-state index >= 15 is 0 Å². The van der Waals surface area contributed by atoms with Crippen LogP contribution in [0.25, 0.3) is 10.8 Å². The molecule has 6 nitrogen and oxygen atoms in total. The smallest absolute Gasteiger partial charge is 0.308 e. The fourth-order valence-electron chi connectivity index (χ4n) is 6.72. The van der Waals surface area contributed by atoms with Crippen molar-refractivity contribution in [3.05, 3.63) is 77.9 Å². The Morgan fingerprint density at radius 3 is 2.54 bits per heavy atom. The Bertz CT molecular complexity index is 1320. The molecule has 0 radical (unpaired) electrons. The van der Waals surface area contributed by atoms with Crippen LogP contribution in [0.4, 0.5) is 0 Å². The summed E-state index contributed by atoms with van der Waals surface area (Å²) >= 11 is 0. The molecule has 3 aromatic carbocycles. The lowest BCUT2D eigenvalue weighted by Crippen LogP contribution is -2.67. The molecule has 1 amide bonds. The first kappa shape index (κ1) is 25.4. The average Bonchev–Trinajstić information content (AvgIpc) is 2.91. The summed E-state index contributed by atoms with van der Waals surface area (Å²) in [6.45, 7) is 3.16. The number of hydrogen-bond acceptors (Lipinski definition) is 5. The van der Waals surface area contributed by atoms with Gasteiger partial charge in [0.15, 0.2) is 0 Å². The molecule has 0 unspecified atom stereocenters. The fraction of sp³-hybridized carbons (Fsp3) is 0.419. The third kappa shape index (κ3) is 4.53. The molecule has 194 valence electrons. The van der Waals surface area contributed by atoms with Gasteiger partial charge in [0.1, 0.15) is 5.75 Å². The van der Waals surface area contributed by atoms with E-state index in [4.69, 9.17) is 9.47 Å². The quantitative estimate of drug-likeness (QED) is 0.363. The maximum atomic E-state index is 13.7. The van der Waals surface area contributed by atoms with E-state index in [1.165, 1.54) is 6.92 Å². The molecule has 1 saturated heterocycles. The zero-order chi connectivity index (χ0) is 26.2. The minimum Gasteiger partial charge on any atom is -0.427 e. The maximum Gasteiger partial charge on any atom is 0.308 e. The Balaban J connectivity index is 1.50. The zero-order valence-corrected chi connectivity index (χ0v) is 22.2. The summed E-state index contributed by atoms with van der Waals surface area (Å²) in [7, 11) is 5.88. The highest BCUT2D eigenvalue weighted by Gasteiger charge is 2.59. The Morgan fingerprint density at radius 1 is 1.00 bits per heavy atom. The van der Waals surface area contributed by atoms with E-state index in [-0.39, 0.29) is 23.3 Å². The first-order valence-electron chi connectivity index (χ1n) is 13.1. The molecule has 1 saturated carbocycles. The highest BCUT2D eigenvalue weighted by molar-refractivity contribution is 5.98. The number of likely N-dealkylation sites (tertiary alicyclic amines) is 1. The van der Waals surface area contributed by atoms with Gasteiger partial charge in [-0.3, -0.25) is 9.59 Å². The van der Waals surface area contributed by atoms with Crippen molar-refractivity contribution >= 4 is 22.6 Å². The highest BCUT2D eigenvalue weighted by atomic mass is 16.5. The Morgan fingerprint density at radius 2 is 1.78 bits per heavy atom. The first-order valence-corrected chi connectivity index (χ1v) is 13.1. The van der Waals surface area contributed by atoms with Crippen LogP contribution in [0.3, 0.4) is 0 Å². The second-order valence-electron chi connectivity index (χ2n) is 10.8. The number of carbonyl (C=O) groups is 2. The molecule has 2 fully saturated rings. The van der Waals surface area contributed by atoms with Crippen molar-refractivity contribution in [2.75, 3.05) is 34.3 Å². The van der Waals surface area contributed by atoms with Gasteiger partial charge in [-0.15, -0.1) is 0 Å². The van der Waals surface area contributed by atoms with Gasteiger partial charge in [0, 0.05) is 44.6 Å². The first-order chi connectivity index (χ1) is 17.8. The van der Waals surface area contributed by atoms with Crippen LogP contribution in [0.1, 0.15) is 48.5 Å². The summed E-state index contributed by atoms with van der Waals surface area (Å²) in [6, 6.07) is 22.0. The van der Waals surface area contributed by atoms with Crippen LogP contribution < -0.4 is 4.74 Å². The number of methoxy groups -OCH3 is 1. The van der Waals surface area contributed by atoms with Crippen molar-refractivity contribution in [3.63, 3.8) is 0 Å². The topological polar surface area (TPSA) is 59.1 Å². The van der Waals surface area contributed by atoms with Gasteiger partial charge in [-0.05, 0) is 79.9 Å². The van der Waals surface area contributed by atoms with Gasteiger partial charge >= 0.3 is 5.97 Å². The number of likely N-dealkylation sites (N-methyl/N-ethyl adjacent to an activating group) is 1. The Hall–Kier alpha value is -3.22. The number of hydrogen-bond donors (Lipinski definition) is 0. The predicted octanol–water partition coefficient (Wildman–Crippen LogP) is 5.05. The predicted molar refractivity (Wildman–Crippen MR) is 145 cm³/mol. The second kappa shape index (κ2) is 9.92. The van der Waals surface area contributed by atoms with Gasteiger partial charge in [-0.2, -0.15) is 0 Å². The number of nitrogens with zero attached hydrogens (tertiary/aromatic N) is 2. The summed E-state index contributed by atoms with van der Waals surface area (Å²) in [5.74, 6) is 0.252. The number of amides is 1. The zero-order valence-electron chi connectivity index (χ0n) is 22.2. The van der Waals surface area contributed by atoms with Crippen LogP contribution in [-0.2, 0) is 14.9 Å². The van der Waals surface area contributed by atoms with Crippen LogP contribution in [0, 0.1) is 0 Å². The van der Waals surface area contributed by atoms with E-state index in [2.05, 4.69) is 24.1 Å². The molecule has 37 heavy (non-hydrogen) atoms. The monoisotopic (exact) mass is 500 g/mol. The number of fused-ring (bicyclic) bond motifs is 2. The molecule has 0 bridgehead atoms. The van der Waals surface area contributed by atoms with Gasteiger partial charge < -0.3 is 19.3 Å². The molecule has 2 aliphatic rings. The fourth-order valence-corrected chi connectivity index (χ4v) is 6.72. The van der Waals surface area contributed by atoms with Crippen molar-refractivity contribution < 1.29 is 19.1 Å². The molecule has 0 aromatic heterocycles. The number of ether oxygens (including phenoxy) is 2. The molecule has 5 rings (SSSR count). The van der Waals surface area contributed by atoms with Crippen LogP contribution in [-0.4, -0.2) is 67.6 Å². The van der Waals surface area contributed by atoms with Gasteiger partial charge in [0.25, 0.3) is 5.91 Å². The molecular weight excluding hydrogens is 464 g/mol. The van der Waals surface area contributed by atoms with E-state index in [1.807, 2.05) is 73.7 Å². The molecule has 1 heterocycles. The molecule has 0 spiro atoms. The van der Waals surface area contributed by atoms with E-state index in [0.717, 1.165) is 55.1 Å². The normalized spacial score (nSPS) is 25.9. The van der Waals surface area contributed by atoms with Crippen molar-refractivity contribution in [3.8, 4) is 5.75 Å². The summed E-state index contributed by atoms with van der Waals surface area (Å²) in [5, 5.41) is 2.19. The second-order valence-corrected chi connectivity index (χ2v) is 10.8. The number of rotatable bonds is 5. The summed E-state index contributed by atoms with van der Waals surface area (Å²) < 4.78 is 11.9. The minimum absolute atomic E-state index is 0.0393. The lowest BCUT2D eigenvalue weighted by molar-refractivity contribution is -0.149. The molecule has 6 heteroatoms. The molecule has 1 aliphatic carbocycles. The standard InChI is InChI=1S/C31H36N2O4/c1-22(34)37-28-11-7-10-26(19-28)30-16-17-32(2)21-31(30,36-4)15-14-27(20-30)33(3)29(35)25-13-12-23-8-5-6-9-24(23)18-25/h5-13,18-19,27H,14-17,20-21H2,1-4H3/t27-,30+,31+/m1/s1. The van der Waals surface area contributed by atoms with E-state index in [1.54, 1.807) is 0 Å². The average molecular weight is 501 g/mol. The van der Waals surface area contributed by atoms with Crippen LogP contribution >= 0.6 is 0 Å². The molecule has 3 atom stereocenters. The largest absolute Gasteiger partial charge is 0.427 e. The third-order valence-corrected chi connectivity index (χ3v) is 8.69. The van der Waals surface area contributed by atoms with E-state index < -0.39 is 5.60 Å². The highest BCUT2D eigenvalue weighted by Crippen LogP contribution is 2.54. The maximum absolute atomic E-state index is 13.7. The Labute approximate surface area is 219 Å². The van der Waals surface area contributed by atoms with Crippen LogP contribution in [0.15, 0.2) is 66.7 Å². The van der Waals surface area contributed by atoms with Crippen molar-refractivity contribution in [2.24, 2.45) is 0 Å². The minimum atomic E-state index is -0.391. The Kier molecular flexibility index (Phi) is 6.82. The molecule has 1 aliphatic heterocycles. The lowest BCUT2D eigenvalue weighted by Gasteiger charge is -2.60. The number of carbonyl (C=O) groups excluding carboxylic acids is 2. The van der Waals surface area contributed by atoms with Crippen molar-refractivity contribution in [2.45, 2.75) is 49.7 Å². The van der Waals surface area contributed by atoms with Gasteiger partial charge in [-0.25, -0.2) is 0 Å².